The minimum absolute atomic E-state index is 0.190. The zero-order chi connectivity index (χ0) is 18.3. The average molecular weight is 383 g/mol. The van der Waals surface area contributed by atoms with Gasteiger partial charge < -0.3 is 9.84 Å². The number of hydrogen-bond donors (Lipinski definition) is 1. The van der Waals surface area contributed by atoms with Gasteiger partial charge in [0.05, 0.1) is 5.56 Å². The van der Waals surface area contributed by atoms with Crippen LogP contribution in [0.2, 0.25) is 0 Å². The van der Waals surface area contributed by atoms with Crippen LogP contribution in [0.1, 0.15) is 48.4 Å². The van der Waals surface area contributed by atoms with Gasteiger partial charge in [0.1, 0.15) is 5.00 Å². The van der Waals surface area contributed by atoms with Crippen LogP contribution in [0.4, 0.5) is 18.2 Å². The molecule has 2 aliphatic carbocycles. The molecule has 138 valence electrons. The third-order valence-corrected chi connectivity index (χ3v) is 5.83. The molecule has 5 nitrogen and oxygen atoms in total. The number of anilines is 1. The number of carbonyl (C=O) groups is 1. The van der Waals surface area contributed by atoms with Crippen molar-refractivity contribution in [3.8, 4) is 11.5 Å². The van der Waals surface area contributed by atoms with Crippen LogP contribution in [0.5, 0.6) is 0 Å². The number of allylic oxidation sites excluding steroid dienone is 1. The number of alkyl halides is 3. The fourth-order valence-corrected chi connectivity index (χ4v) is 4.66. The molecule has 1 N–H and O–H groups in total. The number of aromatic nitrogens is 2. The van der Waals surface area contributed by atoms with Crippen LogP contribution >= 0.6 is 11.3 Å². The Bertz CT molecular complexity index is 882. The molecule has 2 heterocycles. The highest BCUT2D eigenvalue weighted by Crippen LogP contribution is 2.45. The Kier molecular flexibility index (Phi) is 4.34. The summed E-state index contributed by atoms with van der Waals surface area (Å²) in [5, 5.41) is 6.40. The lowest BCUT2D eigenvalue weighted by Crippen LogP contribution is -2.15. The highest BCUT2D eigenvalue weighted by molar-refractivity contribution is 7.17. The molecular formula is C17H16F3N3O2S. The number of carbonyl (C=O) groups excluding carboxylic acids is 1. The van der Waals surface area contributed by atoms with E-state index in [9.17, 15) is 18.0 Å². The van der Waals surface area contributed by atoms with Gasteiger partial charge in [-0.05, 0) is 50.5 Å². The lowest BCUT2D eigenvalue weighted by Gasteiger charge is -2.12. The molecule has 0 aromatic carbocycles. The Hall–Kier alpha value is -2.16. The van der Waals surface area contributed by atoms with E-state index >= 15 is 0 Å². The van der Waals surface area contributed by atoms with E-state index in [4.69, 9.17) is 4.52 Å². The molecule has 2 aliphatic rings. The molecular weight excluding hydrogens is 367 g/mol. The predicted molar refractivity (Wildman–Crippen MR) is 89.8 cm³/mol. The van der Waals surface area contributed by atoms with E-state index in [0.29, 0.717) is 17.0 Å². The van der Waals surface area contributed by atoms with Gasteiger partial charge >= 0.3 is 6.18 Å². The third-order valence-electron chi connectivity index (χ3n) is 4.62. The molecule has 1 amide bonds. The largest absolute Gasteiger partial charge is 0.455 e. The zero-order valence-corrected chi connectivity index (χ0v) is 14.6. The lowest BCUT2D eigenvalue weighted by molar-refractivity contribution is -0.146. The second-order valence-corrected chi connectivity index (χ2v) is 7.52. The van der Waals surface area contributed by atoms with Gasteiger partial charge in [0.25, 0.3) is 17.6 Å². The second kappa shape index (κ2) is 6.53. The lowest BCUT2D eigenvalue weighted by atomic mass is 9.99. The molecule has 0 atom stereocenters. The number of thiophene rings is 1. The molecule has 4 rings (SSSR count). The van der Waals surface area contributed by atoms with Crippen molar-refractivity contribution in [1.29, 1.82) is 0 Å². The maximum Gasteiger partial charge on any atom is 0.455 e. The molecule has 0 saturated carbocycles. The Labute approximate surface area is 151 Å². The van der Waals surface area contributed by atoms with Gasteiger partial charge in [-0.2, -0.15) is 18.2 Å². The van der Waals surface area contributed by atoms with Crippen LogP contribution in [0.15, 0.2) is 16.2 Å². The Morgan fingerprint density at radius 1 is 1.19 bits per heavy atom. The number of nitrogens with zero attached hydrogens (tertiary/aromatic N) is 2. The summed E-state index contributed by atoms with van der Waals surface area (Å²) in [5.41, 5.74) is 2.06. The van der Waals surface area contributed by atoms with Gasteiger partial charge in [-0.1, -0.05) is 11.2 Å². The van der Waals surface area contributed by atoms with E-state index in [1.54, 1.807) is 0 Å². The minimum atomic E-state index is -4.67. The Morgan fingerprint density at radius 3 is 2.73 bits per heavy atom. The minimum Gasteiger partial charge on any atom is -0.334 e. The van der Waals surface area contributed by atoms with Gasteiger partial charge in [0.2, 0.25) is 0 Å². The molecule has 0 unspecified atom stereocenters. The van der Waals surface area contributed by atoms with Crippen molar-refractivity contribution < 1.29 is 22.5 Å². The number of aryl methyl sites for hydroxylation is 1. The molecule has 0 radical (unpaired) electrons. The zero-order valence-electron chi connectivity index (χ0n) is 13.8. The standard InChI is InChI=1S/C17H16F3N3O2S/c18-17(19,20)16-22-14(25-23-16)12-10-7-4-8-11(10)26-15(12)21-13(24)9-5-2-1-3-6-9/h5H,1-4,6-8H2,(H,21,24). The second-order valence-electron chi connectivity index (χ2n) is 6.41. The summed E-state index contributed by atoms with van der Waals surface area (Å²) in [4.78, 5) is 17.1. The summed E-state index contributed by atoms with van der Waals surface area (Å²) in [5.74, 6) is -1.70. The highest BCUT2D eigenvalue weighted by atomic mass is 32.1. The number of halogens is 3. The molecule has 0 bridgehead atoms. The Morgan fingerprint density at radius 2 is 2.04 bits per heavy atom. The van der Waals surface area contributed by atoms with Crippen LogP contribution in [-0.4, -0.2) is 16.0 Å². The monoisotopic (exact) mass is 383 g/mol. The SMILES string of the molecule is O=C(Nc1sc2c(c1-c1nc(C(F)(F)F)no1)CCC2)C1=CCCCC1. The van der Waals surface area contributed by atoms with Crippen molar-refractivity contribution in [3.05, 3.63) is 27.9 Å². The highest BCUT2D eigenvalue weighted by Gasteiger charge is 2.38. The van der Waals surface area contributed by atoms with Crippen molar-refractivity contribution in [1.82, 2.24) is 10.1 Å². The molecule has 0 spiro atoms. The van der Waals surface area contributed by atoms with Crippen molar-refractivity contribution in [2.45, 2.75) is 51.1 Å². The quantitative estimate of drug-likeness (QED) is 0.831. The third kappa shape index (κ3) is 3.15. The smallest absolute Gasteiger partial charge is 0.334 e. The number of hydrogen-bond acceptors (Lipinski definition) is 5. The van der Waals surface area contributed by atoms with Gasteiger partial charge in [0.15, 0.2) is 0 Å². The van der Waals surface area contributed by atoms with E-state index in [1.165, 1.54) is 11.3 Å². The first-order valence-electron chi connectivity index (χ1n) is 8.49. The molecule has 0 aliphatic heterocycles. The Balaban J connectivity index is 1.69. The normalized spacial score (nSPS) is 17.1. The predicted octanol–water partition coefficient (Wildman–Crippen LogP) is 4.74. The first-order chi connectivity index (χ1) is 12.4. The number of fused-ring (bicyclic) bond motifs is 1. The topological polar surface area (TPSA) is 68.0 Å². The van der Waals surface area contributed by atoms with E-state index in [2.05, 4.69) is 15.5 Å². The maximum absolute atomic E-state index is 12.8. The molecule has 0 saturated heterocycles. The fraction of sp³-hybridized carbons (Fsp3) is 0.471. The summed E-state index contributed by atoms with van der Waals surface area (Å²) in [6.07, 6.45) is 3.36. The number of amides is 1. The summed E-state index contributed by atoms with van der Waals surface area (Å²) >= 11 is 1.38. The van der Waals surface area contributed by atoms with E-state index in [-0.39, 0.29) is 11.8 Å². The van der Waals surface area contributed by atoms with E-state index in [1.807, 2.05) is 6.08 Å². The summed E-state index contributed by atoms with van der Waals surface area (Å²) in [6, 6.07) is 0. The van der Waals surface area contributed by atoms with E-state index < -0.39 is 12.0 Å². The van der Waals surface area contributed by atoms with Gasteiger partial charge in [-0.3, -0.25) is 4.79 Å². The summed E-state index contributed by atoms with van der Waals surface area (Å²) in [7, 11) is 0. The molecule has 0 fully saturated rings. The van der Waals surface area contributed by atoms with Crippen molar-refractivity contribution >= 4 is 22.2 Å². The van der Waals surface area contributed by atoms with Gasteiger partial charge in [0, 0.05) is 10.5 Å². The van der Waals surface area contributed by atoms with Crippen LogP contribution < -0.4 is 5.32 Å². The first-order valence-corrected chi connectivity index (χ1v) is 9.31. The van der Waals surface area contributed by atoms with Crippen LogP contribution in [-0.2, 0) is 23.8 Å². The first kappa shape index (κ1) is 17.3. The van der Waals surface area contributed by atoms with Crippen LogP contribution in [0.25, 0.3) is 11.5 Å². The maximum atomic E-state index is 12.8. The summed E-state index contributed by atoms with van der Waals surface area (Å²) < 4.78 is 43.3. The van der Waals surface area contributed by atoms with Crippen molar-refractivity contribution in [3.63, 3.8) is 0 Å². The van der Waals surface area contributed by atoms with Gasteiger partial charge in [-0.25, -0.2) is 0 Å². The van der Waals surface area contributed by atoms with E-state index in [0.717, 1.165) is 54.5 Å². The average Bonchev–Trinajstić information content (AvgIpc) is 3.30. The van der Waals surface area contributed by atoms with Crippen LogP contribution in [0.3, 0.4) is 0 Å². The number of nitrogens with one attached hydrogen (secondary N) is 1. The molecule has 2 aromatic rings. The number of rotatable bonds is 3. The molecule has 26 heavy (non-hydrogen) atoms. The summed E-state index contributed by atoms with van der Waals surface area (Å²) in [6.45, 7) is 0. The molecule has 2 aromatic heterocycles. The van der Waals surface area contributed by atoms with Gasteiger partial charge in [-0.15, -0.1) is 11.3 Å². The van der Waals surface area contributed by atoms with Crippen molar-refractivity contribution in [2.24, 2.45) is 0 Å². The fourth-order valence-electron chi connectivity index (χ4n) is 3.39. The molecule has 9 heteroatoms. The van der Waals surface area contributed by atoms with Crippen LogP contribution in [0, 0.1) is 0 Å². The van der Waals surface area contributed by atoms with Crippen molar-refractivity contribution in [2.75, 3.05) is 5.32 Å².